The van der Waals surface area contributed by atoms with Gasteiger partial charge in [0, 0.05) is 18.6 Å². The van der Waals surface area contributed by atoms with Gasteiger partial charge in [0.25, 0.3) is 0 Å². The van der Waals surface area contributed by atoms with Crippen LogP contribution in [0, 0.1) is 5.92 Å². The Bertz CT molecular complexity index is 132. The van der Waals surface area contributed by atoms with Crippen LogP contribution in [-0.2, 0) is 0 Å². The van der Waals surface area contributed by atoms with Gasteiger partial charge in [-0.3, -0.25) is 4.90 Å². The van der Waals surface area contributed by atoms with Gasteiger partial charge in [-0.2, -0.15) is 0 Å². The largest absolute Gasteiger partial charge is 0.298 e. The van der Waals surface area contributed by atoms with E-state index in [1.54, 1.807) is 0 Å². The van der Waals surface area contributed by atoms with E-state index in [1.807, 2.05) is 0 Å². The number of nitrogens with zero attached hydrogens (tertiary/aromatic N) is 1. The molecule has 0 aliphatic carbocycles. The van der Waals surface area contributed by atoms with E-state index < -0.39 is 0 Å². The topological polar surface area (TPSA) is 3.24 Å². The molecule has 0 bridgehead atoms. The summed E-state index contributed by atoms with van der Waals surface area (Å²) in [6.07, 6.45) is 5.46. The second kappa shape index (κ2) is 8.15. The zero-order valence-corrected chi connectivity index (χ0v) is 11.7. The first-order valence-electron chi connectivity index (χ1n) is 6.78. The normalized spacial score (nSPS) is 14.2. The molecule has 0 rings (SSSR count). The van der Waals surface area contributed by atoms with Gasteiger partial charge < -0.3 is 0 Å². The van der Waals surface area contributed by atoms with Crippen LogP contribution in [0.4, 0.5) is 0 Å². The van der Waals surface area contributed by atoms with Crippen molar-refractivity contribution >= 4 is 0 Å². The summed E-state index contributed by atoms with van der Waals surface area (Å²) in [7, 11) is 0. The molecule has 1 heteroatoms. The first-order chi connectivity index (χ1) is 7.02. The van der Waals surface area contributed by atoms with E-state index in [0.717, 1.165) is 5.92 Å². The minimum absolute atomic E-state index is 0.681. The molecular formula is C14H31N. The van der Waals surface area contributed by atoms with Crippen molar-refractivity contribution in [3.63, 3.8) is 0 Å². The highest BCUT2D eigenvalue weighted by Crippen LogP contribution is 2.17. The molecule has 0 aromatic rings. The highest BCUT2D eigenvalue weighted by Gasteiger charge is 2.17. The van der Waals surface area contributed by atoms with Gasteiger partial charge in [-0.05, 0) is 40.0 Å². The average Bonchev–Trinajstić information content (AvgIpc) is 2.17. The van der Waals surface area contributed by atoms with E-state index in [1.165, 1.54) is 32.2 Å². The predicted octanol–water partition coefficient (Wildman–Crippen LogP) is 4.32. The molecule has 1 nitrogen and oxygen atoms in total. The molecule has 0 N–H and O–H groups in total. The van der Waals surface area contributed by atoms with Crippen molar-refractivity contribution in [2.45, 2.75) is 79.3 Å². The highest BCUT2D eigenvalue weighted by molar-refractivity contribution is 4.71. The molecular weight excluding hydrogens is 182 g/mol. The Balaban J connectivity index is 4.10. The first-order valence-corrected chi connectivity index (χ1v) is 6.78. The van der Waals surface area contributed by atoms with Crippen molar-refractivity contribution in [1.29, 1.82) is 0 Å². The van der Waals surface area contributed by atoms with Crippen molar-refractivity contribution in [3.05, 3.63) is 0 Å². The van der Waals surface area contributed by atoms with Crippen molar-refractivity contribution in [1.82, 2.24) is 4.90 Å². The standard InChI is InChI=1S/C14H31N/c1-7-9-10-14(8-2)11-15(12(3)4)13(5)6/h12-14H,7-11H2,1-6H3. The fraction of sp³-hybridized carbons (Fsp3) is 1.00. The smallest absolute Gasteiger partial charge is 0.00414 e. The summed E-state index contributed by atoms with van der Waals surface area (Å²) in [5.74, 6) is 0.898. The van der Waals surface area contributed by atoms with Crippen LogP contribution in [0.2, 0.25) is 0 Å². The van der Waals surface area contributed by atoms with Gasteiger partial charge in [0.2, 0.25) is 0 Å². The highest BCUT2D eigenvalue weighted by atomic mass is 15.2. The van der Waals surface area contributed by atoms with Crippen LogP contribution in [-0.4, -0.2) is 23.5 Å². The van der Waals surface area contributed by atoms with Crippen LogP contribution >= 0.6 is 0 Å². The quantitative estimate of drug-likeness (QED) is 0.580. The Kier molecular flexibility index (Phi) is 8.13. The van der Waals surface area contributed by atoms with Gasteiger partial charge in [0.15, 0.2) is 0 Å². The molecule has 0 aromatic heterocycles. The summed E-state index contributed by atoms with van der Waals surface area (Å²) >= 11 is 0. The number of unbranched alkanes of at least 4 members (excludes halogenated alkanes) is 1. The molecule has 15 heavy (non-hydrogen) atoms. The monoisotopic (exact) mass is 213 g/mol. The third-order valence-electron chi connectivity index (χ3n) is 3.34. The van der Waals surface area contributed by atoms with Crippen LogP contribution in [0.3, 0.4) is 0 Å². The average molecular weight is 213 g/mol. The summed E-state index contributed by atoms with van der Waals surface area (Å²) in [5.41, 5.74) is 0. The number of hydrogen-bond acceptors (Lipinski definition) is 1. The Morgan fingerprint density at radius 3 is 1.80 bits per heavy atom. The molecule has 1 unspecified atom stereocenters. The predicted molar refractivity (Wildman–Crippen MR) is 70.3 cm³/mol. The maximum atomic E-state index is 2.63. The Labute approximate surface area is 97.2 Å². The second-order valence-corrected chi connectivity index (χ2v) is 5.30. The molecule has 0 radical (unpaired) electrons. The van der Waals surface area contributed by atoms with E-state index in [0.29, 0.717) is 12.1 Å². The molecule has 92 valence electrons. The summed E-state index contributed by atoms with van der Waals surface area (Å²) in [6, 6.07) is 1.36. The maximum absolute atomic E-state index is 2.63. The molecule has 0 fully saturated rings. The third kappa shape index (κ3) is 6.19. The lowest BCUT2D eigenvalue weighted by Gasteiger charge is -2.33. The van der Waals surface area contributed by atoms with E-state index in [-0.39, 0.29) is 0 Å². The summed E-state index contributed by atoms with van der Waals surface area (Å²) in [5, 5.41) is 0. The summed E-state index contributed by atoms with van der Waals surface area (Å²) in [4.78, 5) is 2.63. The molecule has 0 aromatic carbocycles. The molecule has 1 atom stereocenters. The van der Waals surface area contributed by atoms with Gasteiger partial charge in [-0.25, -0.2) is 0 Å². The second-order valence-electron chi connectivity index (χ2n) is 5.30. The molecule has 0 spiro atoms. The summed E-state index contributed by atoms with van der Waals surface area (Å²) in [6.45, 7) is 15.2. The molecule has 0 heterocycles. The van der Waals surface area contributed by atoms with E-state index in [2.05, 4.69) is 46.4 Å². The zero-order chi connectivity index (χ0) is 11.8. The van der Waals surface area contributed by atoms with Gasteiger partial charge in [0.1, 0.15) is 0 Å². The van der Waals surface area contributed by atoms with Gasteiger partial charge in [-0.15, -0.1) is 0 Å². The molecule has 0 saturated heterocycles. The maximum Gasteiger partial charge on any atom is 0.00414 e. The molecule has 0 amide bonds. The van der Waals surface area contributed by atoms with E-state index in [4.69, 9.17) is 0 Å². The van der Waals surface area contributed by atoms with Gasteiger partial charge in [0.05, 0.1) is 0 Å². The van der Waals surface area contributed by atoms with Crippen molar-refractivity contribution < 1.29 is 0 Å². The zero-order valence-electron chi connectivity index (χ0n) is 11.7. The lowest BCUT2D eigenvalue weighted by molar-refractivity contribution is 0.140. The minimum atomic E-state index is 0.681. The Morgan fingerprint density at radius 1 is 0.933 bits per heavy atom. The molecule has 0 aliphatic heterocycles. The Hall–Kier alpha value is -0.0400. The molecule has 0 saturated carbocycles. The first kappa shape index (κ1) is 15.0. The molecule has 0 aliphatic rings. The SMILES string of the molecule is CCCCC(CC)CN(C(C)C)C(C)C. The van der Waals surface area contributed by atoms with E-state index >= 15 is 0 Å². The van der Waals surface area contributed by atoms with Crippen LogP contribution < -0.4 is 0 Å². The number of rotatable bonds is 8. The fourth-order valence-electron chi connectivity index (χ4n) is 2.23. The fourth-order valence-corrected chi connectivity index (χ4v) is 2.23. The van der Waals surface area contributed by atoms with Crippen LogP contribution in [0.25, 0.3) is 0 Å². The van der Waals surface area contributed by atoms with E-state index in [9.17, 15) is 0 Å². The summed E-state index contributed by atoms with van der Waals surface area (Å²) < 4.78 is 0. The van der Waals surface area contributed by atoms with Crippen molar-refractivity contribution in [3.8, 4) is 0 Å². The van der Waals surface area contributed by atoms with Crippen LogP contribution in [0.1, 0.15) is 67.2 Å². The minimum Gasteiger partial charge on any atom is -0.298 e. The van der Waals surface area contributed by atoms with Gasteiger partial charge >= 0.3 is 0 Å². The number of hydrogen-bond donors (Lipinski definition) is 0. The van der Waals surface area contributed by atoms with Crippen molar-refractivity contribution in [2.75, 3.05) is 6.54 Å². The van der Waals surface area contributed by atoms with Crippen molar-refractivity contribution in [2.24, 2.45) is 5.92 Å². The third-order valence-corrected chi connectivity index (χ3v) is 3.34. The van der Waals surface area contributed by atoms with Gasteiger partial charge in [-0.1, -0.05) is 33.1 Å². The van der Waals surface area contributed by atoms with Crippen LogP contribution in [0.5, 0.6) is 0 Å². The Morgan fingerprint density at radius 2 is 1.47 bits per heavy atom. The lowest BCUT2D eigenvalue weighted by Crippen LogP contribution is -2.40. The lowest BCUT2D eigenvalue weighted by atomic mass is 9.97. The van der Waals surface area contributed by atoms with Crippen LogP contribution in [0.15, 0.2) is 0 Å².